The molecule has 1 N–H and O–H groups in total. The number of rotatable bonds is 3. The third kappa shape index (κ3) is 3.02. The second kappa shape index (κ2) is 5.69. The Bertz CT molecular complexity index is 324. The summed E-state index contributed by atoms with van der Waals surface area (Å²) in [5.74, 6) is -0.0542. The van der Waals surface area contributed by atoms with E-state index >= 15 is 0 Å². The fraction of sp³-hybridized carbons (Fsp3) is 0.846. The Hall–Kier alpha value is -1.10. The summed E-state index contributed by atoms with van der Waals surface area (Å²) in [4.78, 5) is 25.8. The highest BCUT2D eigenvalue weighted by molar-refractivity contribution is 5.89. The molecule has 1 unspecified atom stereocenters. The van der Waals surface area contributed by atoms with Crippen molar-refractivity contribution in [2.24, 2.45) is 5.92 Å². The van der Waals surface area contributed by atoms with Crippen LogP contribution in [-0.2, 0) is 14.3 Å². The van der Waals surface area contributed by atoms with E-state index in [-0.39, 0.29) is 29.8 Å². The van der Waals surface area contributed by atoms with Gasteiger partial charge in [-0.1, -0.05) is 0 Å². The predicted molar refractivity (Wildman–Crippen MR) is 66.9 cm³/mol. The first-order valence-electron chi connectivity index (χ1n) is 6.75. The molecular formula is C13H22N2O3. The molecule has 2 aliphatic heterocycles. The minimum Gasteiger partial charge on any atom is -0.381 e. The summed E-state index contributed by atoms with van der Waals surface area (Å²) in [5, 5.41) is 2.89. The summed E-state index contributed by atoms with van der Waals surface area (Å²) in [7, 11) is 0. The largest absolute Gasteiger partial charge is 0.381 e. The van der Waals surface area contributed by atoms with Crippen LogP contribution >= 0.6 is 0 Å². The van der Waals surface area contributed by atoms with Crippen molar-refractivity contribution in [3.63, 3.8) is 0 Å². The minimum atomic E-state index is -0.178. The van der Waals surface area contributed by atoms with Crippen LogP contribution in [0.15, 0.2) is 0 Å². The number of carbonyl (C=O) groups excluding carboxylic acids is 2. The fourth-order valence-corrected chi connectivity index (χ4v) is 2.66. The standard InChI is InChI=1S/C13H22N2O3/c1-9(2)14-13(17)10-7-12(16)15(8-10)11-3-5-18-6-4-11/h9-11H,3-8H2,1-2H3,(H,14,17). The highest BCUT2D eigenvalue weighted by Crippen LogP contribution is 2.25. The molecule has 0 aromatic heterocycles. The summed E-state index contributed by atoms with van der Waals surface area (Å²) in [6.07, 6.45) is 2.14. The molecule has 2 heterocycles. The molecule has 2 amide bonds. The molecule has 2 rings (SSSR count). The van der Waals surface area contributed by atoms with E-state index < -0.39 is 0 Å². The molecule has 0 radical (unpaired) electrons. The van der Waals surface area contributed by atoms with Crippen LogP contribution in [-0.4, -0.2) is 48.6 Å². The number of carbonyl (C=O) groups is 2. The van der Waals surface area contributed by atoms with Gasteiger partial charge in [0.2, 0.25) is 11.8 Å². The Morgan fingerprint density at radius 3 is 2.67 bits per heavy atom. The third-order valence-electron chi connectivity index (χ3n) is 3.59. The van der Waals surface area contributed by atoms with E-state index in [0.29, 0.717) is 13.0 Å². The maximum atomic E-state index is 12.0. The Kier molecular flexibility index (Phi) is 4.22. The molecule has 5 nitrogen and oxygen atoms in total. The second-order valence-electron chi connectivity index (χ2n) is 5.45. The van der Waals surface area contributed by atoms with Gasteiger partial charge in [0.05, 0.1) is 5.92 Å². The zero-order valence-corrected chi connectivity index (χ0v) is 11.1. The number of likely N-dealkylation sites (tertiary alicyclic amines) is 1. The molecule has 2 saturated heterocycles. The Morgan fingerprint density at radius 2 is 2.06 bits per heavy atom. The van der Waals surface area contributed by atoms with Crippen LogP contribution in [0.4, 0.5) is 0 Å². The highest BCUT2D eigenvalue weighted by atomic mass is 16.5. The van der Waals surface area contributed by atoms with Crippen LogP contribution in [0.25, 0.3) is 0 Å². The van der Waals surface area contributed by atoms with Crippen LogP contribution in [0.3, 0.4) is 0 Å². The van der Waals surface area contributed by atoms with Gasteiger partial charge in [-0.2, -0.15) is 0 Å². The SMILES string of the molecule is CC(C)NC(=O)C1CC(=O)N(C2CCOCC2)C1. The van der Waals surface area contributed by atoms with Gasteiger partial charge in [-0.3, -0.25) is 9.59 Å². The minimum absolute atomic E-state index is 0.00732. The second-order valence-corrected chi connectivity index (χ2v) is 5.45. The van der Waals surface area contributed by atoms with Crippen molar-refractivity contribution in [2.75, 3.05) is 19.8 Å². The number of nitrogens with zero attached hydrogens (tertiary/aromatic N) is 1. The Labute approximate surface area is 108 Å². The van der Waals surface area contributed by atoms with Gasteiger partial charge in [-0.05, 0) is 26.7 Å². The number of nitrogens with one attached hydrogen (secondary N) is 1. The number of hydrogen-bond acceptors (Lipinski definition) is 3. The summed E-state index contributed by atoms with van der Waals surface area (Å²) >= 11 is 0. The summed E-state index contributed by atoms with van der Waals surface area (Å²) in [6.45, 7) is 5.88. The molecule has 0 aromatic carbocycles. The Morgan fingerprint density at radius 1 is 1.39 bits per heavy atom. The van der Waals surface area contributed by atoms with Gasteiger partial charge in [-0.25, -0.2) is 0 Å². The molecule has 0 aliphatic carbocycles. The van der Waals surface area contributed by atoms with Gasteiger partial charge in [0, 0.05) is 38.3 Å². The first-order valence-corrected chi connectivity index (χ1v) is 6.75. The van der Waals surface area contributed by atoms with Gasteiger partial charge in [0.25, 0.3) is 0 Å². The average molecular weight is 254 g/mol. The molecule has 0 saturated carbocycles. The van der Waals surface area contributed by atoms with Gasteiger partial charge >= 0.3 is 0 Å². The normalized spacial score (nSPS) is 25.8. The van der Waals surface area contributed by atoms with Gasteiger partial charge < -0.3 is 15.0 Å². The van der Waals surface area contributed by atoms with Crippen molar-refractivity contribution < 1.29 is 14.3 Å². The molecule has 18 heavy (non-hydrogen) atoms. The van der Waals surface area contributed by atoms with E-state index in [0.717, 1.165) is 26.1 Å². The number of ether oxygens (including phenoxy) is 1. The van der Waals surface area contributed by atoms with E-state index in [4.69, 9.17) is 4.74 Å². The molecule has 0 bridgehead atoms. The van der Waals surface area contributed by atoms with E-state index in [1.807, 2.05) is 18.7 Å². The molecule has 0 aromatic rings. The zero-order chi connectivity index (χ0) is 13.1. The maximum Gasteiger partial charge on any atom is 0.225 e. The van der Waals surface area contributed by atoms with Crippen LogP contribution in [0.2, 0.25) is 0 Å². The van der Waals surface area contributed by atoms with E-state index in [1.54, 1.807) is 0 Å². The number of hydrogen-bond donors (Lipinski definition) is 1. The zero-order valence-electron chi connectivity index (χ0n) is 11.1. The van der Waals surface area contributed by atoms with Gasteiger partial charge in [-0.15, -0.1) is 0 Å². The van der Waals surface area contributed by atoms with Gasteiger partial charge in [0.15, 0.2) is 0 Å². The molecule has 2 fully saturated rings. The van der Waals surface area contributed by atoms with Crippen molar-refractivity contribution in [2.45, 2.75) is 45.2 Å². The predicted octanol–water partition coefficient (Wildman–Crippen LogP) is 0.538. The molecule has 0 spiro atoms. The lowest BCUT2D eigenvalue weighted by Crippen LogP contribution is -2.42. The smallest absolute Gasteiger partial charge is 0.225 e. The molecule has 102 valence electrons. The van der Waals surface area contributed by atoms with Gasteiger partial charge in [0.1, 0.15) is 0 Å². The molecule has 5 heteroatoms. The summed E-state index contributed by atoms with van der Waals surface area (Å²) in [5.41, 5.74) is 0. The van der Waals surface area contributed by atoms with Crippen molar-refractivity contribution in [1.82, 2.24) is 10.2 Å². The fourth-order valence-electron chi connectivity index (χ4n) is 2.66. The topological polar surface area (TPSA) is 58.6 Å². The quantitative estimate of drug-likeness (QED) is 0.799. The average Bonchev–Trinajstić information content (AvgIpc) is 2.72. The first kappa shape index (κ1) is 13.3. The van der Waals surface area contributed by atoms with Crippen LogP contribution < -0.4 is 5.32 Å². The monoisotopic (exact) mass is 254 g/mol. The Balaban J connectivity index is 1.91. The summed E-state index contributed by atoms with van der Waals surface area (Å²) < 4.78 is 5.30. The van der Waals surface area contributed by atoms with Crippen molar-refractivity contribution in [3.8, 4) is 0 Å². The van der Waals surface area contributed by atoms with Crippen LogP contribution in [0, 0.1) is 5.92 Å². The van der Waals surface area contributed by atoms with Crippen molar-refractivity contribution >= 4 is 11.8 Å². The third-order valence-corrected chi connectivity index (χ3v) is 3.59. The highest BCUT2D eigenvalue weighted by Gasteiger charge is 2.38. The van der Waals surface area contributed by atoms with Crippen molar-refractivity contribution in [3.05, 3.63) is 0 Å². The maximum absolute atomic E-state index is 12.0. The van der Waals surface area contributed by atoms with E-state index in [9.17, 15) is 9.59 Å². The van der Waals surface area contributed by atoms with E-state index in [1.165, 1.54) is 0 Å². The summed E-state index contributed by atoms with van der Waals surface area (Å²) in [6, 6.07) is 0.396. The van der Waals surface area contributed by atoms with Crippen LogP contribution in [0.5, 0.6) is 0 Å². The first-order chi connectivity index (χ1) is 8.58. The molecule has 2 aliphatic rings. The van der Waals surface area contributed by atoms with E-state index in [2.05, 4.69) is 5.32 Å². The number of amides is 2. The lowest BCUT2D eigenvalue weighted by molar-refractivity contribution is -0.131. The lowest BCUT2D eigenvalue weighted by atomic mass is 10.1. The lowest BCUT2D eigenvalue weighted by Gasteiger charge is -2.31. The molecule has 1 atom stereocenters. The van der Waals surface area contributed by atoms with Crippen LogP contribution in [0.1, 0.15) is 33.1 Å². The molecular weight excluding hydrogens is 232 g/mol. The van der Waals surface area contributed by atoms with Crippen molar-refractivity contribution in [1.29, 1.82) is 0 Å².